The van der Waals surface area contributed by atoms with Crippen LogP contribution in [-0.4, -0.2) is 29.4 Å². The summed E-state index contributed by atoms with van der Waals surface area (Å²) in [4.78, 5) is 10.2. The minimum absolute atomic E-state index is 0.127. The summed E-state index contributed by atoms with van der Waals surface area (Å²) in [6, 6.07) is 4.12. The molecule has 1 N–H and O–H groups in total. The molecular formula is C17H19F3N4O3. The Labute approximate surface area is 153 Å². The van der Waals surface area contributed by atoms with Gasteiger partial charge in [0.15, 0.2) is 0 Å². The monoisotopic (exact) mass is 384 g/mol. The van der Waals surface area contributed by atoms with Crippen LogP contribution in [0.1, 0.15) is 22.5 Å². The lowest BCUT2D eigenvalue weighted by molar-refractivity contribution is -0.384. The summed E-state index contributed by atoms with van der Waals surface area (Å²) in [7, 11) is 1.61. The Morgan fingerprint density at radius 3 is 2.63 bits per heavy atom. The maximum Gasteiger partial charge on any atom is 0.416 e. The number of aromatic nitrogens is 1. The van der Waals surface area contributed by atoms with Gasteiger partial charge < -0.3 is 9.30 Å². The summed E-state index contributed by atoms with van der Waals surface area (Å²) in [5.74, 6) is 0. The number of halogens is 3. The zero-order valence-corrected chi connectivity index (χ0v) is 15.0. The Kier molecular flexibility index (Phi) is 6.21. The maximum absolute atomic E-state index is 12.7. The van der Waals surface area contributed by atoms with Gasteiger partial charge in [0.05, 0.1) is 23.3 Å². The number of hydrazone groups is 1. The van der Waals surface area contributed by atoms with E-state index in [1.54, 1.807) is 7.11 Å². The minimum Gasteiger partial charge on any atom is -0.383 e. The number of ether oxygens (including phenoxy) is 1. The lowest BCUT2D eigenvalue weighted by Gasteiger charge is -2.08. The average molecular weight is 384 g/mol. The van der Waals surface area contributed by atoms with E-state index in [-0.39, 0.29) is 5.69 Å². The summed E-state index contributed by atoms with van der Waals surface area (Å²) in [5.41, 5.74) is 3.23. The molecule has 0 aliphatic carbocycles. The van der Waals surface area contributed by atoms with Gasteiger partial charge in [0, 0.05) is 36.7 Å². The first kappa shape index (κ1) is 20.4. The van der Waals surface area contributed by atoms with Crippen LogP contribution >= 0.6 is 0 Å². The standard InChI is InChI=1S/C17H19F3N4O3/c1-11-8-13(12(2)23(11)6-7-27-3)10-21-22-15-5-4-14(17(18,19)20)9-16(15)24(25)26/h4-5,8-10,22H,6-7H2,1-3H3. The molecule has 0 unspecified atom stereocenters. The van der Waals surface area contributed by atoms with E-state index in [9.17, 15) is 23.3 Å². The fourth-order valence-corrected chi connectivity index (χ4v) is 2.61. The normalized spacial score (nSPS) is 11.9. The molecule has 0 spiro atoms. The van der Waals surface area contributed by atoms with Crippen LogP contribution in [0, 0.1) is 24.0 Å². The predicted octanol–water partition coefficient (Wildman–Crippen LogP) is 4.12. The summed E-state index contributed by atoms with van der Waals surface area (Å²) >= 11 is 0. The number of hydrogen-bond donors (Lipinski definition) is 1. The van der Waals surface area contributed by atoms with Gasteiger partial charge in [-0.3, -0.25) is 15.5 Å². The molecule has 0 saturated carbocycles. The van der Waals surface area contributed by atoms with Gasteiger partial charge in [-0.2, -0.15) is 18.3 Å². The fraction of sp³-hybridized carbons (Fsp3) is 0.353. The van der Waals surface area contributed by atoms with E-state index in [1.807, 2.05) is 24.5 Å². The van der Waals surface area contributed by atoms with Gasteiger partial charge in [0.2, 0.25) is 0 Å². The molecule has 0 bridgehead atoms. The van der Waals surface area contributed by atoms with Crippen LogP contribution in [0.25, 0.3) is 0 Å². The third-order valence-electron chi connectivity index (χ3n) is 4.04. The van der Waals surface area contributed by atoms with Crippen LogP contribution < -0.4 is 5.43 Å². The van der Waals surface area contributed by atoms with Crippen molar-refractivity contribution < 1.29 is 22.8 Å². The van der Waals surface area contributed by atoms with E-state index in [1.165, 1.54) is 6.21 Å². The van der Waals surface area contributed by atoms with Gasteiger partial charge in [0.25, 0.3) is 5.69 Å². The Balaban J connectivity index is 2.22. The largest absolute Gasteiger partial charge is 0.416 e. The molecule has 1 heterocycles. The quantitative estimate of drug-likeness (QED) is 0.442. The fourth-order valence-electron chi connectivity index (χ4n) is 2.61. The summed E-state index contributed by atoms with van der Waals surface area (Å²) < 4.78 is 45.3. The second-order valence-electron chi connectivity index (χ2n) is 5.83. The number of anilines is 1. The number of benzene rings is 1. The van der Waals surface area contributed by atoms with Gasteiger partial charge >= 0.3 is 6.18 Å². The second-order valence-corrected chi connectivity index (χ2v) is 5.83. The zero-order chi connectivity index (χ0) is 20.2. The number of aryl methyl sites for hydroxylation is 1. The van der Waals surface area contributed by atoms with Crippen molar-refractivity contribution in [3.05, 3.63) is 56.9 Å². The summed E-state index contributed by atoms with van der Waals surface area (Å²) in [6.07, 6.45) is -3.20. The summed E-state index contributed by atoms with van der Waals surface area (Å²) in [6.45, 7) is 5.03. The van der Waals surface area contributed by atoms with E-state index in [0.717, 1.165) is 29.1 Å². The maximum atomic E-state index is 12.7. The van der Waals surface area contributed by atoms with E-state index >= 15 is 0 Å². The molecule has 0 aliphatic heterocycles. The van der Waals surface area contributed by atoms with Gasteiger partial charge in [-0.1, -0.05) is 0 Å². The van der Waals surface area contributed by atoms with Crippen molar-refractivity contribution in [3.63, 3.8) is 0 Å². The number of nitro benzene ring substituents is 1. The van der Waals surface area contributed by atoms with Gasteiger partial charge in [-0.05, 0) is 32.0 Å². The smallest absolute Gasteiger partial charge is 0.383 e. The molecule has 27 heavy (non-hydrogen) atoms. The third kappa shape index (κ3) is 4.85. The highest BCUT2D eigenvalue weighted by molar-refractivity contribution is 5.82. The van der Waals surface area contributed by atoms with E-state index in [0.29, 0.717) is 19.2 Å². The Morgan fingerprint density at radius 1 is 1.33 bits per heavy atom. The third-order valence-corrected chi connectivity index (χ3v) is 4.04. The van der Waals surface area contributed by atoms with Crippen molar-refractivity contribution in [2.75, 3.05) is 19.1 Å². The number of methoxy groups -OCH3 is 1. The molecular weight excluding hydrogens is 365 g/mol. The highest BCUT2D eigenvalue weighted by Crippen LogP contribution is 2.34. The molecule has 0 fully saturated rings. The van der Waals surface area contributed by atoms with Crippen LogP contribution in [0.5, 0.6) is 0 Å². The van der Waals surface area contributed by atoms with Crippen LogP contribution in [-0.2, 0) is 17.5 Å². The minimum atomic E-state index is -4.66. The zero-order valence-electron chi connectivity index (χ0n) is 15.0. The Morgan fingerprint density at radius 2 is 2.04 bits per heavy atom. The number of nitrogens with one attached hydrogen (secondary N) is 1. The van der Waals surface area contributed by atoms with Crippen LogP contribution in [0.15, 0.2) is 29.4 Å². The van der Waals surface area contributed by atoms with Crippen molar-refractivity contribution in [3.8, 4) is 0 Å². The molecule has 0 amide bonds. The van der Waals surface area contributed by atoms with Gasteiger partial charge in [0.1, 0.15) is 5.69 Å². The molecule has 0 aliphatic rings. The number of nitrogens with zero attached hydrogens (tertiary/aromatic N) is 3. The molecule has 2 rings (SSSR count). The molecule has 10 heteroatoms. The van der Waals surface area contributed by atoms with Crippen molar-refractivity contribution in [1.29, 1.82) is 0 Å². The molecule has 0 atom stereocenters. The number of alkyl halides is 3. The van der Waals surface area contributed by atoms with Crippen LogP contribution in [0.2, 0.25) is 0 Å². The molecule has 7 nitrogen and oxygen atoms in total. The van der Waals surface area contributed by atoms with Crippen LogP contribution in [0.4, 0.5) is 24.5 Å². The molecule has 146 valence electrons. The first-order valence-corrected chi connectivity index (χ1v) is 7.95. The highest BCUT2D eigenvalue weighted by atomic mass is 19.4. The number of hydrogen-bond acceptors (Lipinski definition) is 5. The lowest BCUT2D eigenvalue weighted by Crippen LogP contribution is -2.08. The topological polar surface area (TPSA) is 81.7 Å². The number of rotatable bonds is 7. The molecule has 1 aromatic heterocycles. The first-order chi connectivity index (χ1) is 12.6. The van der Waals surface area contributed by atoms with Crippen molar-refractivity contribution in [2.24, 2.45) is 5.10 Å². The second kappa shape index (κ2) is 8.21. The summed E-state index contributed by atoms with van der Waals surface area (Å²) in [5, 5.41) is 15.0. The van der Waals surface area contributed by atoms with Crippen LogP contribution in [0.3, 0.4) is 0 Å². The first-order valence-electron chi connectivity index (χ1n) is 7.95. The SMILES string of the molecule is COCCn1c(C)cc(C=NNc2ccc(C(F)(F)F)cc2[N+](=O)[O-])c1C. The average Bonchev–Trinajstić information content (AvgIpc) is 2.86. The van der Waals surface area contributed by atoms with E-state index in [2.05, 4.69) is 10.5 Å². The lowest BCUT2D eigenvalue weighted by atomic mass is 10.1. The van der Waals surface area contributed by atoms with Crippen molar-refractivity contribution in [1.82, 2.24) is 4.57 Å². The molecule has 0 radical (unpaired) electrons. The highest BCUT2D eigenvalue weighted by Gasteiger charge is 2.33. The Hall–Kier alpha value is -2.88. The van der Waals surface area contributed by atoms with E-state index < -0.39 is 22.4 Å². The molecule has 2 aromatic rings. The van der Waals surface area contributed by atoms with Crippen molar-refractivity contribution >= 4 is 17.6 Å². The van der Waals surface area contributed by atoms with Gasteiger partial charge in [-0.15, -0.1) is 0 Å². The van der Waals surface area contributed by atoms with E-state index in [4.69, 9.17) is 4.74 Å². The Bertz CT molecular complexity index is 860. The predicted molar refractivity (Wildman–Crippen MR) is 95.1 cm³/mol. The molecule has 0 saturated heterocycles. The number of nitro groups is 1. The molecule has 1 aromatic carbocycles. The van der Waals surface area contributed by atoms with Crippen molar-refractivity contribution in [2.45, 2.75) is 26.6 Å². The van der Waals surface area contributed by atoms with Gasteiger partial charge in [-0.25, -0.2) is 0 Å².